The molecule has 0 bridgehead atoms. The summed E-state index contributed by atoms with van der Waals surface area (Å²) >= 11 is 0. The molecular weight excluding hydrogens is 353 g/mol. The van der Waals surface area contributed by atoms with Gasteiger partial charge in [-0.05, 0) is 48.9 Å². The van der Waals surface area contributed by atoms with Gasteiger partial charge in [-0.2, -0.15) is 0 Å². The molecule has 0 saturated carbocycles. The molecule has 4 aromatic rings. The Morgan fingerprint density at radius 2 is 1.54 bits per heavy atom. The monoisotopic (exact) mass is 371 g/mol. The Balaban J connectivity index is 2.06. The number of rotatable bonds is 5. The molecule has 0 aliphatic rings. The average molecular weight is 371 g/mol. The maximum absolute atomic E-state index is 13.5. The topological polar surface area (TPSA) is 47.9 Å². The van der Waals surface area contributed by atoms with Gasteiger partial charge in [-0.1, -0.05) is 36.4 Å². The molecule has 0 atom stereocenters. The molecule has 0 unspecified atom stereocenters. The maximum atomic E-state index is 13.5. The Morgan fingerprint density at radius 3 is 2.21 bits per heavy atom. The zero-order valence-electron chi connectivity index (χ0n) is 15.3. The highest BCUT2D eigenvalue weighted by Crippen LogP contribution is 2.42. The van der Waals surface area contributed by atoms with Gasteiger partial charge in [-0.25, -0.2) is 4.39 Å². The molecular formula is C23H18FN3O. The zero-order chi connectivity index (χ0) is 19.3. The van der Waals surface area contributed by atoms with Crippen LogP contribution in [-0.2, 0) is 0 Å². The first kappa shape index (κ1) is 17.8. The fraction of sp³-hybridized carbons (Fsp3) is 0.0870. The zero-order valence-corrected chi connectivity index (χ0v) is 15.3. The summed E-state index contributed by atoms with van der Waals surface area (Å²) in [6.07, 6.45) is 1.73. The number of nitrogens with zero attached hydrogens (tertiary/aromatic N) is 3. The maximum Gasteiger partial charge on any atom is 0.243 e. The van der Waals surface area contributed by atoms with Crippen LogP contribution in [0.3, 0.4) is 0 Å². The Labute approximate surface area is 162 Å². The van der Waals surface area contributed by atoms with Crippen molar-refractivity contribution in [1.82, 2.24) is 15.2 Å². The van der Waals surface area contributed by atoms with Crippen LogP contribution >= 0.6 is 0 Å². The van der Waals surface area contributed by atoms with Crippen LogP contribution in [0.15, 0.2) is 79.0 Å². The van der Waals surface area contributed by atoms with Gasteiger partial charge >= 0.3 is 0 Å². The van der Waals surface area contributed by atoms with E-state index in [9.17, 15) is 4.39 Å². The molecule has 2 aromatic heterocycles. The van der Waals surface area contributed by atoms with Gasteiger partial charge in [0.05, 0.1) is 17.9 Å². The van der Waals surface area contributed by atoms with Gasteiger partial charge in [-0.3, -0.25) is 4.98 Å². The van der Waals surface area contributed by atoms with Crippen LogP contribution in [0.25, 0.3) is 33.6 Å². The summed E-state index contributed by atoms with van der Waals surface area (Å²) in [5, 5.41) is 8.76. The van der Waals surface area contributed by atoms with Crippen molar-refractivity contribution in [1.29, 1.82) is 0 Å². The van der Waals surface area contributed by atoms with E-state index in [-0.39, 0.29) is 5.82 Å². The van der Waals surface area contributed by atoms with E-state index in [2.05, 4.69) is 15.2 Å². The van der Waals surface area contributed by atoms with Crippen molar-refractivity contribution < 1.29 is 9.13 Å². The molecule has 0 radical (unpaired) electrons. The molecule has 5 heteroatoms. The van der Waals surface area contributed by atoms with Crippen molar-refractivity contribution in [3.8, 4) is 39.5 Å². The minimum atomic E-state index is -0.297. The van der Waals surface area contributed by atoms with E-state index < -0.39 is 0 Å². The molecule has 0 aliphatic carbocycles. The summed E-state index contributed by atoms with van der Waals surface area (Å²) in [5.41, 5.74) is 4.73. The second-order valence-corrected chi connectivity index (χ2v) is 6.12. The third kappa shape index (κ3) is 3.47. The highest BCUT2D eigenvalue weighted by Gasteiger charge is 2.22. The first-order chi connectivity index (χ1) is 13.8. The van der Waals surface area contributed by atoms with Crippen LogP contribution in [-0.4, -0.2) is 21.8 Å². The number of ether oxygens (including phenoxy) is 1. The minimum Gasteiger partial charge on any atom is -0.476 e. The normalized spacial score (nSPS) is 10.6. The molecule has 4 rings (SSSR count). The first-order valence-corrected chi connectivity index (χ1v) is 9.04. The van der Waals surface area contributed by atoms with Crippen LogP contribution in [0.1, 0.15) is 6.92 Å². The number of pyridine rings is 1. The van der Waals surface area contributed by atoms with E-state index in [1.807, 2.05) is 55.5 Å². The predicted octanol–water partition coefficient (Wildman–Crippen LogP) is 5.41. The molecule has 0 fully saturated rings. The summed E-state index contributed by atoms with van der Waals surface area (Å²) < 4.78 is 19.3. The Kier molecular flexibility index (Phi) is 5.06. The van der Waals surface area contributed by atoms with Gasteiger partial charge in [0.2, 0.25) is 5.88 Å². The first-order valence-electron chi connectivity index (χ1n) is 9.04. The van der Waals surface area contributed by atoms with Crippen molar-refractivity contribution in [2.45, 2.75) is 6.92 Å². The van der Waals surface area contributed by atoms with Crippen LogP contribution in [0.2, 0.25) is 0 Å². The largest absolute Gasteiger partial charge is 0.476 e. The second-order valence-electron chi connectivity index (χ2n) is 6.12. The van der Waals surface area contributed by atoms with Gasteiger partial charge in [0, 0.05) is 17.3 Å². The van der Waals surface area contributed by atoms with Crippen LogP contribution in [0.4, 0.5) is 4.39 Å². The molecule has 0 N–H and O–H groups in total. The number of hydrogen-bond acceptors (Lipinski definition) is 4. The van der Waals surface area contributed by atoms with Gasteiger partial charge < -0.3 is 4.74 Å². The SMILES string of the molecule is CCOc1nnc(-c2ccc(F)cc2)c(-c2ccccc2)c1-c1ccccn1. The molecule has 0 aliphatic heterocycles. The summed E-state index contributed by atoms with van der Waals surface area (Å²) in [6.45, 7) is 2.36. The summed E-state index contributed by atoms with van der Waals surface area (Å²) in [7, 11) is 0. The second kappa shape index (κ2) is 7.96. The summed E-state index contributed by atoms with van der Waals surface area (Å²) in [6, 6.07) is 21.8. The quantitative estimate of drug-likeness (QED) is 0.471. The van der Waals surface area contributed by atoms with Crippen LogP contribution in [0, 0.1) is 5.82 Å². The average Bonchev–Trinajstić information content (AvgIpc) is 2.75. The van der Waals surface area contributed by atoms with Gasteiger partial charge in [0.1, 0.15) is 11.5 Å². The number of halogens is 1. The lowest BCUT2D eigenvalue weighted by Crippen LogP contribution is -2.04. The molecule has 138 valence electrons. The third-order valence-corrected chi connectivity index (χ3v) is 4.32. The number of benzene rings is 2. The lowest BCUT2D eigenvalue weighted by atomic mass is 9.93. The molecule has 0 spiro atoms. The van der Waals surface area contributed by atoms with Crippen molar-refractivity contribution in [2.75, 3.05) is 6.61 Å². The number of aromatic nitrogens is 3. The molecule has 0 amide bonds. The lowest BCUT2D eigenvalue weighted by molar-refractivity contribution is 0.324. The van der Waals surface area contributed by atoms with E-state index >= 15 is 0 Å². The molecule has 2 aromatic carbocycles. The Hall–Kier alpha value is -3.60. The van der Waals surface area contributed by atoms with Gasteiger partial charge in [-0.15, -0.1) is 10.2 Å². The molecule has 0 saturated heterocycles. The van der Waals surface area contributed by atoms with Gasteiger partial charge in [0.25, 0.3) is 0 Å². The van der Waals surface area contributed by atoms with Crippen LogP contribution < -0.4 is 4.74 Å². The van der Waals surface area contributed by atoms with Gasteiger partial charge in [0.15, 0.2) is 0 Å². The van der Waals surface area contributed by atoms with E-state index in [1.165, 1.54) is 12.1 Å². The molecule has 2 heterocycles. The summed E-state index contributed by atoms with van der Waals surface area (Å²) in [5.74, 6) is 0.125. The smallest absolute Gasteiger partial charge is 0.243 e. The number of hydrogen-bond donors (Lipinski definition) is 0. The van der Waals surface area contributed by atoms with E-state index in [0.717, 1.165) is 27.9 Å². The third-order valence-electron chi connectivity index (χ3n) is 4.32. The van der Waals surface area contributed by atoms with Crippen molar-refractivity contribution in [2.24, 2.45) is 0 Å². The van der Waals surface area contributed by atoms with E-state index in [0.29, 0.717) is 18.2 Å². The molecule has 4 nitrogen and oxygen atoms in total. The Bertz CT molecular complexity index is 1070. The van der Waals surface area contributed by atoms with Crippen molar-refractivity contribution in [3.63, 3.8) is 0 Å². The van der Waals surface area contributed by atoms with E-state index in [1.54, 1.807) is 18.3 Å². The minimum absolute atomic E-state index is 0.297. The lowest BCUT2D eigenvalue weighted by Gasteiger charge is -2.17. The summed E-state index contributed by atoms with van der Waals surface area (Å²) in [4.78, 5) is 4.52. The highest BCUT2D eigenvalue weighted by molar-refractivity contribution is 5.93. The highest BCUT2D eigenvalue weighted by atomic mass is 19.1. The van der Waals surface area contributed by atoms with Crippen LogP contribution in [0.5, 0.6) is 5.88 Å². The fourth-order valence-corrected chi connectivity index (χ4v) is 3.10. The molecule has 28 heavy (non-hydrogen) atoms. The van der Waals surface area contributed by atoms with Crippen molar-refractivity contribution in [3.05, 3.63) is 84.8 Å². The standard InChI is InChI=1S/C23H18FN3O/c1-2-28-23-21(19-10-6-7-15-25-19)20(16-8-4-3-5-9-16)22(26-27-23)17-11-13-18(24)14-12-17/h3-15H,2H2,1H3. The van der Waals surface area contributed by atoms with E-state index in [4.69, 9.17) is 4.74 Å². The Morgan fingerprint density at radius 1 is 0.786 bits per heavy atom. The van der Waals surface area contributed by atoms with Crippen molar-refractivity contribution >= 4 is 0 Å². The fourth-order valence-electron chi connectivity index (χ4n) is 3.10. The predicted molar refractivity (Wildman–Crippen MR) is 107 cm³/mol.